The van der Waals surface area contributed by atoms with E-state index in [-0.39, 0.29) is 0 Å². The Bertz CT molecular complexity index is 633. The first kappa shape index (κ1) is 12.4. The third-order valence-corrected chi connectivity index (χ3v) is 4.05. The van der Waals surface area contributed by atoms with Crippen molar-refractivity contribution in [1.82, 2.24) is 9.97 Å². The van der Waals surface area contributed by atoms with Crippen molar-refractivity contribution in [2.24, 2.45) is 0 Å². The molecule has 2 aliphatic heterocycles. The standard InChI is InChI=1S/C16H17N3O2/c1-2-13(19(7-1)16-11-17-5-6-18-16)12-3-4-14-15(10-12)21-9-8-20-14/h3-6,10-11,13H,1-2,7-9H2/t13-/m1/s1. The highest BCUT2D eigenvalue weighted by atomic mass is 16.6. The van der Waals surface area contributed by atoms with Crippen molar-refractivity contribution in [3.8, 4) is 11.5 Å². The molecule has 0 N–H and O–H groups in total. The summed E-state index contributed by atoms with van der Waals surface area (Å²) in [5.74, 6) is 2.63. The molecule has 0 amide bonds. The van der Waals surface area contributed by atoms with Crippen molar-refractivity contribution >= 4 is 5.82 Å². The molecule has 2 aliphatic rings. The first-order chi connectivity index (χ1) is 10.4. The van der Waals surface area contributed by atoms with Crippen LogP contribution in [0.2, 0.25) is 0 Å². The number of hydrogen-bond donors (Lipinski definition) is 0. The zero-order valence-corrected chi connectivity index (χ0v) is 11.7. The minimum absolute atomic E-state index is 0.331. The van der Waals surface area contributed by atoms with Crippen LogP contribution in [0.1, 0.15) is 24.4 Å². The maximum absolute atomic E-state index is 5.69. The first-order valence-electron chi connectivity index (χ1n) is 7.34. The Hall–Kier alpha value is -2.30. The van der Waals surface area contributed by atoms with E-state index < -0.39 is 0 Å². The number of aromatic nitrogens is 2. The van der Waals surface area contributed by atoms with Gasteiger partial charge in [-0.1, -0.05) is 6.07 Å². The summed E-state index contributed by atoms with van der Waals surface area (Å²) in [6, 6.07) is 6.58. The molecule has 3 heterocycles. The molecule has 0 aliphatic carbocycles. The van der Waals surface area contributed by atoms with Crippen LogP contribution in [0.3, 0.4) is 0 Å². The molecule has 21 heavy (non-hydrogen) atoms. The fourth-order valence-corrected chi connectivity index (χ4v) is 3.09. The van der Waals surface area contributed by atoms with Gasteiger partial charge >= 0.3 is 0 Å². The van der Waals surface area contributed by atoms with Crippen LogP contribution < -0.4 is 14.4 Å². The summed E-state index contributed by atoms with van der Waals surface area (Å²) in [5.41, 5.74) is 1.25. The summed E-state index contributed by atoms with van der Waals surface area (Å²) in [5, 5.41) is 0. The van der Waals surface area contributed by atoms with Crippen LogP contribution in [-0.2, 0) is 0 Å². The van der Waals surface area contributed by atoms with Gasteiger partial charge < -0.3 is 14.4 Å². The number of hydrogen-bond acceptors (Lipinski definition) is 5. The van der Waals surface area contributed by atoms with Gasteiger partial charge in [0.05, 0.1) is 12.2 Å². The summed E-state index contributed by atoms with van der Waals surface area (Å²) >= 11 is 0. The Kier molecular flexibility index (Phi) is 3.10. The maximum atomic E-state index is 5.69. The molecular weight excluding hydrogens is 266 g/mol. The summed E-state index contributed by atoms with van der Waals surface area (Å²) in [6.07, 6.45) is 7.56. The van der Waals surface area contributed by atoms with Gasteiger partial charge in [-0.2, -0.15) is 0 Å². The van der Waals surface area contributed by atoms with Crippen molar-refractivity contribution in [1.29, 1.82) is 0 Å². The molecular formula is C16H17N3O2. The van der Waals surface area contributed by atoms with E-state index in [2.05, 4.69) is 27.0 Å². The van der Waals surface area contributed by atoms with E-state index in [4.69, 9.17) is 9.47 Å². The predicted molar refractivity (Wildman–Crippen MR) is 78.8 cm³/mol. The van der Waals surface area contributed by atoms with Gasteiger partial charge in [-0.3, -0.25) is 4.98 Å². The van der Waals surface area contributed by atoms with Gasteiger partial charge in [0.15, 0.2) is 11.5 Å². The molecule has 5 nitrogen and oxygen atoms in total. The zero-order valence-electron chi connectivity index (χ0n) is 11.7. The first-order valence-corrected chi connectivity index (χ1v) is 7.34. The van der Waals surface area contributed by atoms with Crippen molar-refractivity contribution in [3.05, 3.63) is 42.4 Å². The predicted octanol–water partition coefficient (Wildman–Crippen LogP) is 2.59. The SMILES string of the molecule is c1cnc(N2CCC[C@@H]2c2ccc3c(c2)OCCO3)cn1. The van der Waals surface area contributed by atoms with Crippen molar-refractivity contribution in [3.63, 3.8) is 0 Å². The zero-order chi connectivity index (χ0) is 14.1. The van der Waals surface area contributed by atoms with Crippen LogP contribution in [0.25, 0.3) is 0 Å². The third kappa shape index (κ3) is 2.28. The van der Waals surface area contributed by atoms with Gasteiger partial charge in [0.1, 0.15) is 19.0 Å². The molecule has 1 aromatic heterocycles. The van der Waals surface area contributed by atoms with Crippen LogP contribution in [0.5, 0.6) is 11.5 Å². The summed E-state index contributed by atoms with van der Waals surface area (Å²) in [7, 11) is 0. The molecule has 0 bridgehead atoms. The summed E-state index contributed by atoms with van der Waals surface area (Å²) in [4.78, 5) is 10.9. The van der Waals surface area contributed by atoms with Crippen molar-refractivity contribution in [2.45, 2.75) is 18.9 Å². The second-order valence-corrected chi connectivity index (χ2v) is 5.32. The Morgan fingerprint density at radius 1 is 1.10 bits per heavy atom. The van der Waals surface area contributed by atoms with Crippen LogP contribution in [0, 0.1) is 0 Å². The topological polar surface area (TPSA) is 47.5 Å². The molecule has 0 spiro atoms. The molecule has 2 aromatic rings. The second-order valence-electron chi connectivity index (χ2n) is 5.32. The molecule has 1 aromatic carbocycles. The van der Waals surface area contributed by atoms with E-state index in [1.165, 1.54) is 5.56 Å². The Balaban J connectivity index is 1.66. The van der Waals surface area contributed by atoms with Crippen LogP contribution in [0.4, 0.5) is 5.82 Å². The van der Waals surface area contributed by atoms with Gasteiger partial charge in [0.25, 0.3) is 0 Å². The highest BCUT2D eigenvalue weighted by Gasteiger charge is 2.28. The van der Waals surface area contributed by atoms with E-state index in [0.29, 0.717) is 19.3 Å². The molecule has 0 radical (unpaired) electrons. The van der Waals surface area contributed by atoms with Crippen molar-refractivity contribution in [2.75, 3.05) is 24.7 Å². The lowest BCUT2D eigenvalue weighted by Gasteiger charge is -2.27. The summed E-state index contributed by atoms with van der Waals surface area (Å²) in [6.45, 7) is 2.26. The Morgan fingerprint density at radius 2 is 2.00 bits per heavy atom. The largest absolute Gasteiger partial charge is 0.486 e. The van der Waals surface area contributed by atoms with E-state index in [0.717, 1.165) is 36.7 Å². The normalized spacial score (nSPS) is 20.6. The molecule has 1 saturated heterocycles. The second kappa shape index (κ2) is 5.24. The quantitative estimate of drug-likeness (QED) is 0.848. The number of benzene rings is 1. The third-order valence-electron chi connectivity index (χ3n) is 4.05. The fourth-order valence-electron chi connectivity index (χ4n) is 3.09. The Morgan fingerprint density at radius 3 is 2.86 bits per heavy atom. The molecule has 5 heteroatoms. The highest BCUT2D eigenvalue weighted by molar-refractivity contribution is 5.48. The number of rotatable bonds is 2. The lowest BCUT2D eigenvalue weighted by molar-refractivity contribution is 0.171. The van der Waals surface area contributed by atoms with Crippen LogP contribution >= 0.6 is 0 Å². The number of ether oxygens (including phenoxy) is 2. The fraction of sp³-hybridized carbons (Fsp3) is 0.375. The molecule has 0 unspecified atom stereocenters. The lowest BCUT2D eigenvalue weighted by atomic mass is 10.0. The number of fused-ring (bicyclic) bond motifs is 1. The van der Waals surface area contributed by atoms with Gasteiger partial charge in [0, 0.05) is 18.9 Å². The average molecular weight is 283 g/mol. The van der Waals surface area contributed by atoms with Crippen molar-refractivity contribution < 1.29 is 9.47 Å². The monoisotopic (exact) mass is 283 g/mol. The number of anilines is 1. The van der Waals surface area contributed by atoms with E-state index >= 15 is 0 Å². The van der Waals surface area contributed by atoms with Crippen LogP contribution in [-0.4, -0.2) is 29.7 Å². The number of nitrogens with zero attached hydrogens (tertiary/aromatic N) is 3. The van der Waals surface area contributed by atoms with Gasteiger partial charge in [-0.05, 0) is 30.5 Å². The molecule has 4 rings (SSSR count). The minimum Gasteiger partial charge on any atom is -0.486 e. The molecule has 1 fully saturated rings. The smallest absolute Gasteiger partial charge is 0.161 e. The molecule has 1 atom stereocenters. The van der Waals surface area contributed by atoms with E-state index in [1.54, 1.807) is 12.4 Å². The lowest BCUT2D eigenvalue weighted by Crippen LogP contribution is -2.24. The van der Waals surface area contributed by atoms with E-state index in [9.17, 15) is 0 Å². The average Bonchev–Trinajstić information content (AvgIpc) is 3.05. The minimum atomic E-state index is 0.331. The maximum Gasteiger partial charge on any atom is 0.161 e. The van der Waals surface area contributed by atoms with Gasteiger partial charge in [-0.15, -0.1) is 0 Å². The van der Waals surface area contributed by atoms with E-state index in [1.807, 2.05) is 12.3 Å². The Labute approximate surface area is 123 Å². The van der Waals surface area contributed by atoms with Gasteiger partial charge in [0.2, 0.25) is 0 Å². The molecule has 0 saturated carbocycles. The highest BCUT2D eigenvalue weighted by Crippen LogP contribution is 2.39. The van der Waals surface area contributed by atoms with Gasteiger partial charge in [-0.25, -0.2) is 4.98 Å². The summed E-state index contributed by atoms with van der Waals surface area (Å²) < 4.78 is 11.3. The molecule has 108 valence electrons. The van der Waals surface area contributed by atoms with Crippen LogP contribution in [0.15, 0.2) is 36.8 Å².